The second-order valence-electron chi connectivity index (χ2n) is 4.05. The van der Waals surface area contributed by atoms with Crippen molar-refractivity contribution in [1.82, 2.24) is 10.3 Å². The Bertz CT molecular complexity index is 669. The zero-order valence-electron chi connectivity index (χ0n) is 10.5. The van der Waals surface area contributed by atoms with Crippen LogP contribution in [0.15, 0.2) is 23.6 Å². The van der Waals surface area contributed by atoms with Gasteiger partial charge < -0.3 is 10.4 Å². The van der Waals surface area contributed by atoms with Gasteiger partial charge in [-0.25, -0.2) is 14.2 Å². The molecule has 0 fully saturated rings. The maximum Gasteiger partial charge on any atom is 0.355 e. The average molecular weight is 294 g/mol. The highest BCUT2D eigenvalue weighted by atomic mass is 32.1. The van der Waals surface area contributed by atoms with E-state index in [1.165, 1.54) is 11.4 Å². The van der Waals surface area contributed by atoms with Crippen LogP contribution in [0.2, 0.25) is 0 Å². The molecule has 0 unspecified atom stereocenters. The van der Waals surface area contributed by atoms with Gasteiger partial charge >= 0.3 is 5.97 Å². The van der Waals surface area contributed by atoms with E-state index < -0.39 is 17.7 Å². The molecule has 0 spiro atoms. The highest BCUT2D eigenvalue weighted by molar-refractivity contribution is 7.09. The Hall–Kier alpha value is -2.28. The Labute approximate surface area is 118 Å². The molecule has 0 radical (unpaired) electrons. The van der Waals surface area contributed by atoms with Crippen molar-refractivity contribution in [2.75, 3.05) is 0 Å². The number of aryl methyl sites for hydroxylation is 1. The Kier molecular flexibility index (Phi) is 4.09. The molecule has 7 heteroatoms. The number of rotatable bonds is 4. The average Bonchev–Trinajstić information content (AvgIpc) is 2.88. The fourth-order valence-electron chi connectivity index (χ4n) is 1.56. The summed E-state index contributed by atoms with van der Waals surface area (Å²) >= 11 is 1.12. The van der Waals surface area contributed by atoms with E-state index in [4.69, 9.17) is 5.11 Å². The summed E-state index contributed by atoms with van der Waals surface area (Å²) in [5.41, 5.74) is 0.279. The topological polar surface area (TPSA) is 79.3 Å². The lowest BCUT2D eigenvalue weighted by Gasteiger charge is -2.05. The molecule has 104 valence electrons. The van der Waals surface area contributed by atoms with Gasteiger partial charge in [-0.3, -0.25) is 4.79 Å². The number of carbonyl (C=O) groups excluding carboxylic acids is 1. The van der Waals surface area contributed by atoms with Crippen LogP contribution in [0.25, 0.3) is 0 Å². The Morgan fingerprint density at radius 2 is 2.20 bits per heavy atom. The fraction of sp³-hybridized carbons (Fsp3) is 0.154. The summed E-state index contributed by atoms with van der Waals surface area (Å²) in [5.74, 6) is -2.24. The van der Waals surface area contributed by atoms with Gasteiger partial charge in [-0.2, -0.15) is 0 Å². The van der Waals surface area contributed by atoms with Gasteiger partial charge in [-0.05, 0) is 18.6 Å². The number of nitrogens with one attached hydrogen (secondary N) is 1. The lowest BCUT2D eigenvalue weighted by atomic mass is 10.1. The number of carboxylic acids is 1. The fourth-order valence-corrected chi connectivity index (χ4v) is 2.27. The highest BCUT2D eigenvalue weighted by Gasteiger charge is 2.14. The molecule has 1 amide bonds. The molecule has 2 aromatic rings. The van der Waals surface area contributed by atoms with Gasteiger partial charge in [0.15, 0.2) is 5.69 Å². The molecular weight excluding hydrogens is 283 g/mol. The largest absolute Gasteiger partial charge is 0.476 e. The molecule has 2 rings (SSSR count). The van der Waals surface area contributed by atoms with Crippen LogP contribution in [0.1, 0.15) is 31.4 Å². The zero-order chi connectivity index (χ0) is 14.7. The van der Waals surface area contributed by atoms with E-state index in [0.717, 1.165) is 11.3 Å². The number of nitrogens with zero attached hydrogens (tertiary/aromatic N) is 1. The van der Waals surface area contributed by atoms with Crippen molar-refractivity contribution in [2.45, 2.75) is 13.5 Å². The van der Waals surface area contributed by atoms with Gasteiger partial charge in [0.1, 0.15) is 10.8 Å². The predicted molar refractivity (Wildman–Crippen MR) is 71.4 cm³/mol. The van der Waals surface area contributed by atoms with Crippen LogP contribution in [-0.4, -0.2) is 22.0 Å². The molecule has 0 bridgehead atoms. The second kappa shape index (κ2) is 5.79. The first-order valence-electron chi connectivity index (χ1n) is 5.70. The molecule has 0 atom stereocenters. The van der Waals surface area contributed by atoms with Crippen molar-refractivity contribution in [3.63, 3.8) is 0 Å². The maximum absolute atomic E-state index is 13.7. The Morgan fingerprint density at radius 1 is 1.45 bits per heavy atom. The molecule has 20 heavy (non-hydrogen) atoms. The lowest BCUT2D eigenvalue weighted by Crippen LogP contribution is -2.24. The van der Waals surface area contributed by atoms with Crippen molar-refractivity contribution >= 4 is 23.2 Å². The number of benzene rings is 1. The summed E-state index contributed by atoms with van der Waals surface area (Å²) in [6.45, 7) is 1.64. The van der Waals surface area contributed by atoms with Crippen LogP contribution >= 0.6 is 11.3 Å². The summed E-state index contributed by atoms with van der Waals surface area (Å²) < 4.78 is 13.7. The van der Waals surface area contributed by atoms with Crippen LogP contribution in [0.5, 0.6) is 0 Å². The van der Waals surface area contributed by atoms with E-state index in [9.17, 15) is 14.0 Å². The third kappa shape index (κ3) is 3.00. The van der Waals surface area contributed by atoms with Gasteiger partial charge in [0.2, 0.25) is 0 Å². The van der Waals surface area contributed by atoms with Crippen molar-refractivity contribution < 1.29 is 19.1 Å². The van der Waals surface area contributed by atoms with Crippen LogP contribution in [-0.2, 0) is 6.54 Å². The van der Waals surface area contributed by atoms with Crippen LogP contribution < -0.4 is 5.32 Å². The van der Waals surface area contributed by atoms with Crippen LogP contribution in [0.4, 0.5) is 4.39 Å². The third-order valence-electron chi connectivity index (χ3n) is 2.61. The van der Waals surface area contributed by atoms with E-state index in [1.54, 1.807) is 19.1 Å². The molecule has 5 nitrogen and oxygen atoms in total. The number of carbonyl (C=O) groups is 2. The second-order valence-corrected chi connectivity index (χ2v) is 4.99. The summed E-state index contributed by atoms with van der Waals surface area (Å²) in [4.78, 5) is 26.3. The molecule has 0 aliphatic rings. The molecule has 1 aromatic heterocycles. The molecule has 0 aliphatic heterocycles. The summed E-state index contributed by atoms with van der Waals surface area (Å²) in [6, 6.07) is 4.56. The first-order chi connectivity index (χ1) is 9.49. The number of hydrogen-bond donors (Lipinski definition) is 2. The smallest absolute Gasteiger partial charge is 0.355 e. The first kappa shape index (κ1) is 14.1. The monoisotopic (exact) mass is 294 g/mol. The lowest BCUT2D eigenvalue weighted by molar-refractivity contribution is 0.0691. The molecule has 0 aliphatic carbocycles. The molecular formula is C13H11FN2O3S. The minimum absolute atomic E-state index is 0.0417. The number of hydrogen-bond acceptors (Lipinski definition) is 4. The van der Waals surface area contributed by atoms with Crippen molar-refractivity contribution in [1.29, 1.82) is 0 Å². The van der Waals surface area contributed by atoms with Crippen LogP contribution in [0, 0.1) is 12.7 Å². The van der Waals surface area contributed by atoms with E-state index in [-0.39, 0.29) is 17.8 Å². The van der Waals surface area contributed by atoms with Gasteiger partial charge in [0, 0.05) is 5.38 Å². The molecule has 1 heterocycles. The molecule has 0 saturated heterocycles. The third-order valence-corrected chi connectivity index (χ3v) is 3.46. The van der Waals surface area contributed by atoms with Gasteiger partial charge in [-0.1, -0.05) is 12.1 Å². The van der Waals surface area contributed by atoms with E-state index in [1.807, 2.05) is 0 Å². The standard InChI is InChI=1S/C13H11FN2O3S/c1-7-3-2-4-8(11(7)14)12(17)15-5-10-16-9(6-20-10)13(18)19/h2-4,6H,5H2,1H3,(H,15,17)(H,18,19). The van der Waals surface area contributed by atoms with E-state index >= 15 is 0 Å². The van der Waals surface area contributed by atoms with E-state index in [0.29, 0.717) is 10.6 Å². The molecule has 0 saturated carbocycles. The summed E-state index contributed by atoms with van der Waals surface area (Å²) in [5, 5.41) is 13.1. The summed E-state index contributed by atoms with van der Waals surface area (Å²) in [7, 11) is 0. The van der Waals surface area contributed by atoms with Crippen molar-refractivity contribution in [3.05, 3.63) is 51.2 Å². The maximum atomic E-state index is 13.7. The normalized spacial score (nSPS) is 10.3. The number of thiazole rings is 1. The Balaban J connectivity index is 2.05. The Morgan fingerprint density at radius 3 is 2.85 bits per heavy atom. The summed E-state index contributed by atoms with van der Waals surface area (Å²) in [6.07, 6.45) is 0. The number of carboxylic acid groups (broad SMARTS) is 1. The van der Waals surface area contributed by atoms with Gasteiger partial charge in [0.05, 0.1) is 12.1 Å². The van der Waals surface area contributed by atoms with Crippen LogP contribution in [0.3, 0.4) is 0 Å². The highest BCUT2D eigenvalue weighted by Crippen LogP contribution is 2.13. The number of aromatic nitrogens is 1. The van der Waals surface area contributed by atoms with Gasteiger partial charge in [0.25, 0.3) is 5.91 Å². The molecule has 1 aromatic carbocycles. The predicted octanol–water partition coefficient (Wildman–Crippen LogP) is 2.22. The van der Waals surface area contributed by atoms with E-state index in [2.05, 4.69) is 10.3 Å². The first-order valence-corrected chi connectivity index (χ1v) is 6.58. The zero-order valence-corrected chi connectivity index (χ0v) is 11.3. The van der Waals surface area contributed by atoms with Crippen molar-refractivity contribution in [2.24, 2.45) is 0 Å². The van der Waals surface area contributed by atoms with Crippen molar-refractivity contribution in [3.8, 4) is 0 Å². The minimum Gasteiger partial charge on any atom is -0.476 e. The molecule has 2 N–H and O–H groups in total. The number of halogens is 1. The number of aromatic carboxylic acids is 1. The van der Waals surface area contributed by atoms with Gasteiger partial charge in [-0.15, -0.1) is 11.3 Å². The SMILES string of the molecule is Cc1cccc(C(=O)NCc2nc(C(=O)O)cs2)c1F. The quantitative estimate of drug-likeness (QED) is 0.906. The number of amides is 1. The minimum atomic E-state index is -1.12.